The van der Waals surface area contributed by atoms with Crippen LogP contribution in [0.4, 0.5) is 11.4 Å². The van der Waals surface area contributed by atoms with E-state index in [-0.39, 0.29) is 11.9 Å². The Bertz CT molecular complexity index is 746. The molecule has 0 bridgehead atoms. The molecule has 6 heteroatoms. The molecule has 2 aromatic rings. The summed E-state index contributed by atoms with van der Waals surface area (Å²) in [6.07, 6.45) is 0. The van der Waals surface area contributed by atoms with Gasteiger partial charge in [0, 0.05) is 36.9 Å². The van der Waals surface area contributed by atoms with Crippen molar-refractivity contribution in [3.8, 4) is 5.75 Å². The Morgan fingerprint density at radius 2 is 1.81 bits per heavy atom. The lowest BCUT2D eigenvalue weighted by atomic mass is 10.2. The number of benzene rings is 2. The Labute approximate surface area is 159 Å². The molecule has 1 aliphatic rings. The number of ether oxygens (including phenoxy) is 1. The number of halogens is 1. The predicted octanol–water partition coefficient (Wildman–Crippen LogP) is 3.50. The predicted molar refractivity (Wildman–Crippen MR) is 106 cm³/mol. The van der Waals surface area contributed by atoms with Crippen LogP contribution in [0.25, 0.3) is 0 Å². The number of hydrogen-bond donors (Lipinski definition) is 1. The molecule has 3 rings (SSSR count). The number of para-hydroxylation sites is 1. The van der Waals surface area contributed by atoms with E-state index < -0.39 is 0 Å². The van der Waals surface area contributed by atoms with Gasteiger partial charge < -0.3 is 15.0 Å². The van der Waals surface area contributed by atoms with E-state index in [0.29, 0.717) is 16.5 Å². The van der Waals surface area contributed by atoms with Crippen LogP contribution in [0.3, 0.4) is 0 Å². The number of carbonyl (C=O) groups is 1. The normalized spacial score (nSPS) is 16.2. The zero-order valence-electron chi connectivity index (χ0n) is 15.1. The minimum atomic E-state index is -0.225. The van der Waals surface area contributed by atoms with Crippen molar-refractivity contribution in [2.75, 3.05) is 43.5 Å². The van der Waals surface area contributed by atoms with Crippen molar-refractivity contribution >= 4 is 28.9 Å². The molecule has 1 amide bonds. The zero-order chi connectivity index (χ0) is 18.5. The van der Waals surface area contributed by atoms with Crippen molar-refractivity contribution in [2.24, 2.45) is 0 Å². The van der Waals surface area contributed by atoms with Gasteiger partial charge in [0.05, 0.1) is 18.8 Å². The Morgan fingerprint density at radius 1 is 1.12 bits per heavy atom. The maximum absolute atomic E-state index is 12.7. The topological polar surface area (TPSA) is 44.8 Å². The second kappa shape index (κ2) is 8.43. The summed E-state index contributed by atoms with van der Waals surface area (Å²) < 4.78 is 5.30. The van der Waals surface area contributed by atoms with Crippen molar-refractivity contribution in [1.82, 2.24) is 4.90 Å². The molecule has 2 aromatic carbocycles. The first kappa shape index (κ1) is 18.5. The number of rotatable bonds is 5. The van der Waals surface area contributed by atoms with E-state index in [0.717, 1.165) is 26.2 Å². The van der Waals surface area contributed by atoms with Gasteiger partial charge in [0.1, 0.15) is 5.75 Å². The molecule has 1 atom stereocenters. The lowest BCUT2D eigenvalue weighted by molar-refractivity contribution is -0.120. The molecule has 5 nitrogen and oxygen atoms in total. The highest BCUT2D eigenvalue weighted by Gasteiger charge is 2.26. The van der Waals surface area contributed by atoms with Gasteiger partial charge in [-0.1, -0.05) is 29.8 Å². The first-order valence-electron chi connectivity index (χ1n) is 8.77. The number of nitrogens with zero attached hydrogens (tertiary/aromatic N) is 2. The molecule has 1 unspecified atom stereocenters. The maximum atomic E-state index is 12.7. The minimum Gasteiger partial charge on any atom is -0.495 e. The molecule has 138 valence electrons. The Balaban J connectivity index is 1.59. The highest BCUT2D eigenvalue weighted by molar-refractivity contribution is 6.31. The number of carbonyl (C=O) groups excluding carboxylic acids is 1. The van der Waals surface area contributed by atoms with Crippen LogP contribution in [-0.2, 0) is 4.79 Å². The highest BCUT2D eigenvalue weighted by atomic mass is 35.5. The molecule has 0 aromatic heterocycles. The van der Waals surface area contributed by atoms with E-state index in [4.69, 9.17) is 16.3 Å². The van der Waals surface area contributed by atoms with E-state index in [1.165, 1.54) is 5.69 Å². The van der Waals surface area contributed by atoms with Crippen LogP contribution in [0.5, 0.6) is 5.75 Å². The van der Waals surface area contributed by atoms with Gasteiger partial charge in [-0.15, -0.1) is 0 Å². The van der Waals surface area contributed by atoms with E-state index in [2.05, 4.69) is 39.4 Å². The van der Waals surface area contributed by atoms with E-state index in [9.17, 15) is 4.79 Å². The molecule has 1 saturated heterocycles. The lowest BCUT2D eigenvalue weighted by Gasteiger charge is -2.38. The Hall–Kier alpha value is -2.24. The third kappa shape index (κ3) is 4.29. The second-order valence-corrected chi connectivity index (χ2v) is 6.80. The summed E-state index contributed by atoms with van der Waals surface area (Å²) in [7, 11) is 1.57. The molecule has 1 heterocycles. The smallest absolute Gasteiger partial charge is 0.241 e. The van der Waals surface area contributed by atoms with E-state index in [1.807, 2.05) is 13.0 Å². The van der Waals surface area contributed by atoms with Crippen LogP contribution in [0, 0.1) is 0 Å². The quantitative estimate of drug-likeness (QED) is 0.871. The first-order chi connectivity index (χ1) is 12.6. The van der Waals surface area contributed by atoms with Crippen LogP contribution < -0.4 is 15.0 Å². The summed E-state index contributed by atoms with van der Waals surface area (Å²) >= 11 is 6.04. The van der Waals surface area contributed by atoms with Gasteiger partial charge in [-0.25, -0.2) is 0 Å². The minimum absolute atomic E-state index is 0.0567. The fraction of sp³-hybridized carbons (Fsp3) is 0.350. The number of hydrogen-bond acceptors (Lipinski definition) is 4. The molecule has 26 heavy (non-hydrogen) atoms. The van der Waals surface area contributed by atoms with Gasteiger partial charge in [-0.2, -0.15) is 0 Å². The van der Waals surface area contributed by atoms with Crippen molar-refractivity contribution < 1.29 is 9.53 Å². The summed E-state index contributed by atoms with van der Waals surface area (Å²) in [6.45, 7) is 5.43. The summed E-state index contributed by atoms with van der Waals surface area (Å²) in [5, 5.41) is 3.50. The summed E-state index contributed by atoms with van der Waals surface area (Å²) in [5.41, 5.74) is 1.83. The third-order valence-corrected chi connectivity index (χ3v) is 5.02. The first-order valence-corrected chi connectivity index (χ1v) is 9.14. The van der Waals surface area contributed by atoms with Crippen LogP contribution in [0.15, 0.2) is 48.5 Å². The lowest BCUT2D eigenvalue weighted by Crippen LogP contribution is -2.52. The number of methoxy groups -OCH3 is 1. The van der Waals surface area contributed by atoms with Gasteiger partial charge >= 0.3 is 0 Å². The SMILES string of the molecule is COc1ccc(Cl)cc1NC(=O)C(C)N1CCN(c2ccccc2)CC1. The summed E-state index contributed by atoms with van der Waals surface area (Å²) in [4.78, 5) is 17.2. The van der Waals surface area contributed by atoms with Gasteiger partial charge in [0.2, 0.25) is 5.91 Å². The van der Waals surface area contributed by atoms with Crippen molar-refractivity contribution in [3.63, 3.8) is 0 Å². The molecule has 1 aliphatic heterocycles. The fourth-order valence-corrected chi connectivity index (χ4v) is 3.36. The van der Waals surface area contributed by atoms with Crippen LogP contribution in [0.1, 0.15) is 6.92 Å². The molecular weight excluding hydrogens is 350 g/mol. The number of nitrogens with one attached hydrogen (secondary N) is 1. The average molecular weight is 374 g/mol. The maximum Gasteiger partial charge on any atom is 0.241 e. The molecule has 0 aliphatic carbocycles. The number of piperazine rings is 1. The van der Waals surface area contributed by atoms with Crippen LogP contribution in [-0.4, -0.2) is 50.1 Å². The Morgan fingerprint density at radius 3 is 2.46 bits per heavy atom. The summed E-state index contributed by atoms with van der Waals surface area (Å²) in [5.74, 6) is 0.544. The van der Waals surface area contributed by atoms with Gasteiger partial charge in [-0.05, 0) is 37.3 Å². The largest absolute Gasteiger partial charge is 0.495 e. The molecule has 1 fully saturated rings. The number of anilines is 2. The third-order valence-electron chi connectivity index (χ3n) is 4.78. The fourth-order valence-electron chi connectivity index (χ4n) is 3.19. The highest BCUT2D eigenvalue weighted by Crippen LogP contribution is 2.28. The molecular formula is C20H24ClN3O2. The second-order valence-electron chi connectivity index (χ2n) is 6.37. The molecule has 0 radical (unpaired) electrons. The van der Waals surface area contributed by atoms with E-state index in [1.54, 1.807) is 25.3 Å². The monoisotopic (exact) mass is 373 g/mol. The van der Waals surface area contributed by atoms with Crippen LogP contribution in [0.2, 0.25) is 5.02 Å². The summed E-state index contributed by atoms with van der Waals surface area (Å²) in [6, 6.07) is 15.3. The van der Waals surface area contributed by atoms with Crippen molar-refractivity contribution in [3.05, 3.63) is 53.6 Å². The number of amides is 1. The molecule has 0 spiro atoms. The molecule has 1 N–H and O–H groups in total. The average Bonchev–Trinajstić information content (AvgIpc) is 2.68. The zero-order valence-corrected chi connectivity index (χ0v) is 15.9. The van der Waals surface area contributed by atoms with Crippen LogP contribution >= 0.6 is 11.6 Å². The van der Waals surface area contributed by atoms with Gasteiger partial charge in [0.25, 0.3) is 0 Å². The standard InChI is InChI=1S/C20H24ClN3O2/c1-15(20(25)22-18-14-16(21)8-9-19(18)26-2)23-10-12-24(13-11-23)17-6-4-3-5-7-17/h3-9,14-15H,10-13H2,1-2H3,(H,22,25). The van der Waals surface area contributed by atoms with Crippen molar-refractivity contribution in [2.45, 2.75) is 13.0 Å². The van der Waals surface area contributed by atoms with Gasteiger partial charge in [-0.3, -0.25) is 9.69 Å². The van der Waals surface area contributed by atoms with E-state index >= 15 is 0 Å². The van der Waals surface area contributed by atoms with Crippen molar-refractivity contribution in [1.29, 1.82) is 0 Å². The Kier molecular flexibility index (Phi) is 6.01. The molecule has 0 saturated carbocycles. The van der Waals surface area contributed by atoms with Gasteiger partial charge in [0.15, 0.2) is 0 Å².